The number of carbonyl (C=O) groups is 2. The number of halogens is 3. The van der Waals surface area contributed by atoms with Crippen LogP contribution in [-0.4, -0.2) is 28.1 Å². The van der Waals surface area contributed by atoms with E-state index in [-0.39, 0.29) is 0 Å². The molecule has 9 heteroatoms. The maximum absolute atomic E-state index is 11.0. The van der Waals surface area contributed by atoms with Gasteiger partial charge in [-0.1, -0.05) is 24.3 Å². The molecule has 0 bridgehead atoms. The molecule has 0 spiro atoms. The second-order valence-corrected chi connectivity index (χ2v) is 5.38. The Morgan fingerprint density at radius 3 is 2.41 bits per heavy atom. The van der Waals surface area contributed by atoms with Crippen LogP contribution in [0.1, 0.15) is 20.2 Å². The summed E-state index contributed by atoms with van der Waals surface area (Å²) in [5.74, 6) is -3.20. The summed E-state index contributed by atoms with van der Waals surface area (Å²) in [5.41, 5.74) is 8.55. The van der Waals surface area contributed by atoms with Crippen LogP contribution in [0.5, 0.6) is 0 Å². The van der Waals surface area contributed by atoms with Gasteiger partial charge in [-0.05, 0) is 5.56 Å². The van der Waals surface area contributed by atoms with Crippen molar-refractivity contribution in [2.45, 2.75) is 12.6 Å². The van der Waals surface area contributed by atoms with Gasteiger partial charge in [0.25, 0.3) is 5.91 Å². The van der Waals surface area contributed by atoms with Gasteiger partial charge in [0.15, 0.2) is 5.01 Å². The molecule has 5 nitrogen and oxygen atoms in total. The molecule has 1 heterocycles. The molecule has 0 saturated heterocycles. The minimum absolute atomic E-state index is 0.412. The van der Waals surface area contributed by atoms with Crippen molar-refractivity contribution in [3.8, 4) is 11.3 Å². The number of nitrogens with zero attached hydrogens (tertiary/aromatic N) is 1. The third kappa shape index (κ3) is 3.25. The van der Waals surface area contributed by atoms with Crippen molar-refractivity contribution in [3.05, 3.63) is 39.7 Å². The van der Waals surface area contributed by atoms with Gasteiger partial charge in [-0.25, -0.2) is 9.78 Å². The number of alkyl halides is 3. The smallest absolute Gasteiger partial charge is 0.475 e. The van der Waals surface area contributed by atoms with Gasteiger partial charge >= 0.3 is 12.1 Å². The molecule has 22 heavy (non-hydrogen) atoms. The lowest BCUT2D eigenvalue weighted by Crippen LogP contribution is -2.21. The van der Waals surface area contributed by atoms with Crippen molar-refractivity contribution in [2.24, 2.45) is 5.73 Å². The minimum atomic E-state index is -5.08. The maximum Gasteiger partial charge on any atom is 0.490 e. The number of nitrogens with two attached hydrogens (primary N) is 1. The summed E-state index contributed by atoms with van der Waals surface area (Å²) in [6.07, 6.45) is -4.21. The number of primary amides is 1. The lowest BCUT2D eigenvalue weighted by Gasteiger charge is -1.96. The summed E-state index contributed by atoms with van der Waals surface area (Å²) < 4.78 is 31.7. The zero-order chi connectivity index (χ0) is 16.5. The fraction of sp³-hybridized carbons (Fsp3) is 0.154. The number of aromatic nitrogens is 1. The number of fused-ring (bicyclic) bond motifs is 3. The zero-order valence-corrected chi connectivity index (χ0v) is 11.7. The van der Waals surface area contributed by atoms with Crippen LogP contribution in [0.15, 0.2) is 24.3 Å². The number of carboxylic acids is 1. The summed E-state index contributed by atoms with van der Waals surface area (Å²) in [4.78, 5) is 25.3. The van der Waals surface area contributed by atoms with Crippen molar-refractivity contribution in [3.63, 3.8) is 0 Å². The van der Waals surface area contributed by atoms with Gasteiger partial charge < -0.3 is 10.8 Å². The molecule has 3 N–H and O–H groups in total. The predicted octanol–water partition coefficient (Wildman–Crippen LogP) is 2.45. The SMILES string of the molecule is NC(=O)c1nc2c(s1)Cc1ccccc1-2.O=C(O)C(F)(F)F. The Morgan fingerprint density at radius 1 is 1.27 bits per heavy atom. The van der Waals surface area contributed by atoms with Crippen LogP contribution < -0.4 is 5.73 Å². The normalized spacial score (nSPS) is 12.0. The largest absolute Gasteiger partial charge is 0.490 e. The van der Waals surface area contributed by atoms with Gasteiger partial charge in [0.05, 0.1) is 5.69 Å². The number of carboxylic acid groups (broad SMARTS) is 1. The highest BCUT2D eigenvalue weighted by molar-refractivity contribution is 7.14. The molecule has 0 aliphatic heterocycles. The van der Waals surface area contributed by atoms with Crippen molar-refractivity contribution >= 4 is 23.2 Å². The first-order chi connectivity index (χ1) is 10.2. The molecular weight excluding hydrogens is 321 g/mol. The Labute approximate surface area is 126 Å². The van der Waals surface area contributed by atoms with E-state index in [1.165, 1.54) is 16.9 Å². The molecule has 1 aliphatic rings. The van der Waals surface area contributed by atoms with E-state index in [4.69, 9.17) is 15.6 Å². The van der Waals surface area contributed by atoms with E-state index in [0.717, 1.165) is 22.6 Å². The monoisotopic (exact) mass is 330 g/mol. The van der Waals surface area contributed by atoms with Crippen LogP contribution in [-0.2, 0) is 11.2 Å². The van der Waals surface area contributed by atoms with E-state index in [1.54, 1.807) is 0 Å². The predicted molar refractivity (Wildman–Crippen MR) is 72.6 cm³/mol. The van der Waals surface area contributed by atoms with Gasteiger partial charge in [0, 0.05) is 16.9 Å². The number of amides is 1. The zero-order valence-electron chi connectivity index (χ0n) is 10.8. The van der Waals surface area contributed by atoms with Gasteiger partial charge in [0.2, 0.25) is 0 Å². The van der Waals surface area contributed by atoms with Gasteiger partial charge in [-0.3, -0.25) is 4.79 Å². The number of benzene rings is 1. The lowest BCUT2D eigenvalue weighted by molar-refractivity contribution is -0.192. The molecule has 0 radical (unpaired) electrons. The summed E-state index contributed by atoms with van der Waals surface area (Å²) in [6, 6.07) is 8.13. The number of rotatable bonds is 1. The van der Waals surface area contributed by atoms with Crippen LogP contribution in [0.25, 0.3) is 11.3 Å². The van der Waals surface area contributed by atoms with E-state index in [0.29, 0.717) is 5.01 Å². The van der Waals surface area contributed by atoms with Gasteiger partial charge in [0.1, 0.15) is 0 Å². The van der Waals surface area contributed by atoms with Crippen molar-refractivity contribution < 1.29 is 27.9 Å². The van der Waals surface area contributed by atoms with Crippen LogP contribution >= 0.6 is 11.3 Å². The Morgan fingerprint density at radius 2 is 1.86 bits per heavy atom. The fourth-order valence-electron chi connectivity index (χ4n) is 1.87. The number of thiazole rings is 1. The van der Waals surface area contributed by atoms with Crippen molar-refractivity contribution in [1.82, 2.24) is 4.98 Å². The van der Waals surface area contributed by atoms with Crippen molar-refractivity contribution in [2.75, 3.05) is 0 Å². The number of hydrogen-bond acceptors (Lipinski definition) is 4. The number of aliphatic carboxylic acids is 1. The highest BCUT2D eigenvalue weighted by Gasteiger charge is 2.38. The Bertz CT molecular complexity index is 740. The fourth-order valence-corrected chi connectivity index (χ4v) is 2.82. The summed E-state index contributed by atoms with van der Waals surface area (Å²) in [5, 5.41) is 7.54. The van der Waals surface area contributed by atoms with E-state index in [9.17, 15) is 18.0 Å². The van der Waals surface area contributed by atoms with Crippen LogP contribution in [0.2, 0.25) is 0 Å². The summed E-state index contributed by atoms with van der Waals surface area (Å²) >= 11 is 1.40. The average Bonchev–Trinajstić information content (AvgIpc) is 2.95. The Hall–Kier alpha value is -2.42. The molecule has 3 rings (SSSR count). The molecule has 1 amide bonds. The average molecular weight is 330 g/mol. The third-order valence-corrected chi connectivity index (χ3v) is 3.84. The molecule has 0 saturated carbocycles. The summed E-state index contributed by atoms with van der Waals surface area (Å²) in [6.45, 7) is 0. The summed E-state index contributed by atoms with van der Waals surface area (Å²) in [7, 11) is 0. The third-order valence-electron chi connectivity index (χ3n) is 2.77. The number of carbonyl (C=O) groups excluding carboxylic acids is 1. The van der Waals surface area contributed by atoms with E-state index >= 15 is 0 Å². The van der Waals surface area contributed by atoms with Crippen molar-refractivity contribution in [1.29, 1.82) is 0 Å². The maximum atomic E-state index is 11.0. The first-order valence-corrected chi connectivity index (χ1v) is 6.69. The Kier molecular flexibility index (Phi) is 4.18. The van der Waals surface area contributed by atoms with Gasteiger partial charge in [-0.2, -0.15) is 13.2 Å². The van der Waals surface area contributed by atoms with E-state index in [1.807, 2.05) is 18.2 Å². The molecule has 2 aromatic rings. The molecule has 1 aromatic carbocycles. The molecule has 0 fully saturated rings. The van der Waals surface area contributed by atoms with Crippen LogP contribution in [0.3, 0.4) is 0 Å². The van der Waals surface area contributed by atoms with E-state index in [2.05, 4.69) is 11.1 Å². The first kappa shape index (κ1) is 16.0. The Balaban J connectivity index is 0.000000217. The first-order valence-electron chi connectivity index (χ1n) is 5.88. The minimum Gasteiger partial charge on any atom is -0.475 e. The topological polar surface area (TPSA) is 93.3 Å². The molecule has 0 unspecified atom stereocenters. The molecule has 116 valence electrons. The quantitative estimate of drug-likeness (QED) is 0.717. The van der Waals surface area contributed by atoms with Gasteiger partial charge in [-0.15, -0.1) is 11.3 Å². The highest BCUT2D eigenvalue weighted by Crippen LogP contribution is 2.38. The number of hydrogen-bond donors (Lipinski definition) is 2. The van der Waals surface area contributed by atoms with Crippen LogP contribution in [0, 0.1) is 0 Å². The molecule has 1 aromatic heterocycles. The second-order valence-electron chi connectivity index (χ2n) is 4.29. The van der Waals surface area contributed by atoms with E-state index < -0.39 is 18.1 Å². The molecular formula is C13H9F3N2O3S. The highest BCUT2D eigenvalue weighted by atomic mass is 32.1. The second kappa shape index (κ2) is 5.76. The standard InChI is InChI=1S/C11H8N2OS.C2HF3O2/c12-10(14)11-13-9-7-4-2-1-3-6(7)5-8(9)15-11;3-2(4,5)1(6)7/h1-4H,5H2,(H2,12,14);(H,6,7). The van der Waals surface area contributed by atoms with Crippen LogP contribution in [0.4, 0.5) is 13.2 Å². The lowest BCUT2D eigenvalue weighted by atomic mass is 10.1. The molecule has 1 aliphatic carbocycles. The molecule has 0 atom stereocenters.